The van der Waals surface area contributed by atoms with Gasteiger partial charge >= 0.3 is 5.97 Å². The number of carbonyl (C=O) groups is 2. The maximum atomic E-state index is 9.00. The summed E-state index contributed by atoms with van der Waals surface area (Å²) in [6.45, 7) is 0. The molecule has 0 fully saturated rings. The van der Waals surface area contributed by atoms with Crippen LogP contribution in [0.25, 0.3) is 0 Å². The lowest BCUT2D eigenvalue weighted by Crippen LogP contribution is -1.91. The summed E-state index contributed by atoms with van der Waals surface area (Å²) in [6.07, 6.45) is -0.167. The Morgan fingerprint density at radius 3 is 1.69 bits per heavy atom. The molecule has 0 aliphatic carbocycles. The highest BCUT2D eigenvalue weighted by Crippen LogP contribution is 2.19. The number of carbonyl (C=O) groups excluding carboxylic acids is 1. The molecule has 0 radical (unpaired) electrons. The smallest absolute Gasteiger partial charge is 0.368 e. The summed E-state index contributed by atoms with van der Waals surface area (Å²) >= 11 is 11.2. The average Bonchev–Trinajstić information content (AvgIpc) is 2.11. The Kier molecular flexibility index (Phi) is 5.93. The normalized spacial score (nSPS) is 8.15. The van der Waals surface area contributed by atoms with Crippen molar-refractivity contribution in [2.24, 2.45) is 0 Å². The fourth-order valence-electron chi connectivity index (χ4n) is 0.439. The van der Waals surface area contributed by atoms with Gasteiger partial charge in [-0.15, -0.1) is 0 Å². The molecule has 0 aliphatic heterocycles. The van der Waals surface area contributed by atoms with Gasteiger partial charge in [-0.25, -0.2) is 4.79 Å². The summed E-state index contributed by atoms with van der Waals surface area (Å²) in [5, 5.41) is 8.57. The van der Waals surface area contributed by atoms with Crippen molar-refractivity contribution in [1.29, 1.82) is 0 Å². The Balaban J connectivity index is 0.000000252. The fraction of sp³-hybridized carbons (Fsp3) is 0. The number of carboxylic acid groups (broad SMARTS) is 1. The van der Waals surface area contributed by atoms with E-state index in [4.69, 9.17) is 37.9 Å². The molecule has 0 amide bonds. The average molecular weight is 221 g/mol. The van der Waals surface area contributed by atoms with Gasteiger partial charge in [-0.05, 0) is 12.1 Å². The highest BCUT2D eigenvalue weighted by atomic mass is 35.5. The quantitative estimate of drug-likeness (QED) is 0.584. The van der Waals surface area contributed by atoms with Crippen LogP contribution in [0.3, 0.4) is 0 Å². The molecular formula is C8H6Cl2O3. The van der Waals surface area contributed by atoms with Crippen LogP contribution in [0, 0.1) is 0 Å². The minimum Gasteiger partial charge on any atom is -0.476 e. The molecule has 0 saturated heterocycles. The molecule has 1 aromatic carbocycles. The van der Waals surface area contributed by atoms with E-state index >= 15 is 0 Å². The lowest BCUT2D eigenvalue weighted by atomic mass is 10.4. The van der Waals surface area contributed by atoms with Crippen LogP contribution in [-0.4, -0.2) is 17.4 Å². The van der Waals surface area contributed by atoms with E-state index in [2.05, 4.69) is 0 Å². The number of hydrogen-bond donors (Lipinski definition) is 1. The summed E-state index contributed by atoms with van der Waals surface area (Å²) in [6, 6.07) is 7.19. The first-order valence-corrected chi connectivity index (χ1v) is 3.91. The molecule has 0 spiro atoms. The number of aldehydes is 1. The van der Waals surface area contributed by atoms with Crippen LogP contribution >= 0.6 is 23.2 Å². The van der Waals surface area contributed by atoms with Gasteiger partial charge in [-0.1, -0.05) is 35.3 Å². The lowest BCUT2D eigenvalue weighted by molar-refractivity contribution is -0.143. The Labute approximate surface area is 84.9 Å². The van der Waals surface area contributed by atoms with Crippen LogP contribution in [0.5, 0.6) is 0 Å². The molecule has 0 saturated carbocycles. The number of hydrogen-bond acceptors (Lipinski definition) is 2. The molecule has 1 N–H and O–H groups in total. The van der Waals surface area contributed by atoms with Gasteiger partial charge in [0.15, 0.2) is 0 Å². The lowest BCUT2D eigenvalue weighted by Gasteiger charge is -1.88. The first-order chi connectivity index (χ1) is 6.07. The van der Waals surface area contributed by atoms with Crippen molar-refractivity contribution in [2.75, 3.05) is 0 Å². The van der Waals surface area contributed by atoms with E-state index < -0.39 is 5.97 Å². The van der Waals surface area contributed by atoms with Crippen LogP contribution in [0.2, 0.25) is 10.0 Å². The van der Waals surface area contributed by atoms with Crippen molar-refractivity contribution in [2.45, 2.75) is 0 Å². The molecule has 0 aliphatic rings. The molecule has 5 heteroatoms. The van der Waals surface area contributed by atoms with Crippen LogP contribution < -0.4 is 0 Å². The second kappa shape index (κ2) is 6.46. The maximum absolute atomic E-state index is 9.00. The Morgan fingerprint density at radius 2 is 1.54 bits per heavy atom. The monoisotopic (exact) mass is 220 g/mol. The molecule has 1 aromatic rings. The number of benzene rings is 1. The Bertz CT molecular complexity index is 278. The molecule has 70 valence electrons. The number of carboxylic acids is 1. The van der Waals surface area contributed by atoms with Crippen molar-refractivity contribution in [3.8, 4) is 0 Å². The van der Waals surface area contributed by atoms with E-state index in [9.17, 15) is 0 Å². The molecule has 1 rings (SSSR count). The highest BCUT2D eigenvalue weighted by molar-refractivity contribution is 6.41. The van der Waals surface area contributed by atoms with Crippen molar-refractivity contribution >= 4 is 35.5 Å². The first kappa shape index (κ1) is 11.9. The highest BCUT2D eigenvalue weighted by Gasteiger charge is 1.89. The van der Waals surface area contributed by atoms with E-state index in [1.54, 1.807) is 12.1 Å². The molecule has 13 heavy (non-hydrogen) atoms. The Hall–Kier alpha value is -1.06. The van der Waals surface area contributed by atoms with Crippen molar-refractivity contribution < 1.29 is 14.7 Å². The first-order valence-electron chi connectivity index (χ1n) is 3.16. The molecule has 0 heterocycles. The molecular weight excluding hydrogens is 215 g/mol. The summed E-state index contributed by atoms with van der Waals surface area (Å²) in [5.74, 6) is -1.43. The van der Waals surface area contributed by atoms with Crippen LogP contribution in [0.15, 0.2) is 24.3 Å². The maximum Gasteiger partial charge on any atom is 0.368 e. The summed E-state index contributed by atoms with van der Waals surface area (Å²) < 4.78 is 0. The van der Waals surface area contributed by atoms with E-state index in [1.165, 1.54) is 0 Å². The molecule has 0 bridgehead atoms. The van der Waals surface area contributed by atoms with Crippen LogP contribution in [0.4, 0.5) is 0 Å². The number of aliphatic carboxylic acids is 1. The largest absolute Gasteiger partial charge is 0.476 e. The minimum absolute atomic E-state index is 0.167. The second-order valence-electron chi connectivity index (χ2n) is 1.87. The van der Waals surface area contributed by atoms with Gasteiger partial charge in [0.2, 0.25) is 6.29 Å². The molecule has 0 unspecified atom stereocenters. The van der Waals surface area contributed by atoms with E-state index in [1.807, 2.05) is 12.1 Å². The van der Waals surface area contributed by atoms with Crippen molar-refractivity contribution in [3.63, 3.8) is 0 Å². The minimum atomic E-state index is -1.43. The zero-order chi connectivity index (χ0) is 10.3. The zero-order valence-electron chi connectivity index (χ0n) is 6.41. The predicted octanol–water partition coefficient (Wildman–Crippen LogP) is 2.26. The van der Waals surface area contributed by atoms with E-state index in [-0.39, 0.29) is 6.29 Å². The third-order valence-corrected chi connectivity index (χ3v) is 1.68. The third kappa shape index (κ3) is 6.13. The zero-order valence-corrected chi connectivity index (χ0v) is 7.92. The molecule has 0 aromatic heterocycles. The van der Waals surface area contributed by atoms with Gasteiger partial charge in [0.1, 0.15) is 0 Å². The Morgan fingerprint density at radius 1 is 1.23 bits per heavy atom. The number of rotatable bonds is 1. The SMILES string of the molecule is Clc1ccccc1Cl.O=CC(=O)O. The summed E-state index contributed by atoms with van der Waals surface area (Å²) in [5.41, 5.74) is 0. The predicted molar refractivity (Wildman–Crippen MR) is 50.2 cm³/mol. The van der Waals surface area contributed by atoms with Crippen molar-refractivity contribution in [1.82, 2.24) is 0 Å². The molecule has 0 atom stereocenters. The van der Waals surface area contributed by atoms with Gasteiger partial charge in [-0.2, -0.15) is 0 Å². The number of halogens is 2. The van der Waals surface area contributed by atoms with Crippen molar-refractivity contribution in [3.05, 3.63) is 34.3 Å². The van der Waals surface area contributed by atoms with Gasteiger partial charge in [0.05, 0.1) is 10.0 Å². The van der Waals surface area contributed by atoms with E-state index in [0.717, 1.165) is 0 Å². The topological polar surface area (TPSA) is 54.4 Å². The van der Waals surface area contributed by atoms with Gasteiger partial charge in [0, 0.05) is 0 Å². The summed E-state index contributed by atoms with van der Waals surface area (Å²) in [7, 11) is 0. The van der Waals surface area contributed by atoms with E-state index in [0.29, 0.717) is 10.0 Å². The van der Waals surface area contributed by atoms with Crippen LogP contribution in [-0.2, 0) is 9.59 Å². The van der Waals surface area contributed by atoms with Gasteiger partial charge in [-0.3, -0.25) is 4.79 Å². The van der Waals surface area contributed by atoms with Crippen LogP contribution in [0.1, 0.15) is 0 Å². The second-order valence-corrected chi connectivity index (χ2v) is 2.68. The third-order valence-electron chi connectivity index (χ3n) is 0.925. The fourth-order valence-corrected chi connectivity index (χ4v) is 0.711. The summed E-state index contributed by atoms with van der Waals surface area (Å²) in [4.78, 5) is 17.9. The molecule has 3 nitrogen and oxygen atoms in total. The van der Waals surface area contributed by atoms with Gasteiger partial charge < -0.3 is 5.11 Å². The van der Waals surface area contributed by atoms with Gasteiger partial charge in [0.25, 0.3) is 0 Å². The standard InChI is InChI=1S/C6H4Cl2.C2H2O3/c7-5-3-1-2-4-6(5)8;3-1-2(4)5/h1-4H;1H,(H,4,5).